The zero-order chi connectivity index (χ0) is 7.82. The number of rotatable bonds is 6. The molecule has 0 saturated carbocycles. The highest BCUT2D eigenvalue weighted by Crippen LogP contribution is 2.14. The molecule has 0 bridgehead atoms. The van der Waals surface area contributed by atoms with Gasteiger partial charge in [0.15, 0.2) is 0 Å². The summed E-state index contributed by atoms with van der Waals surface area (Å²) in [6.45, 7) is 0.489. The van der Waals surface area contributed by atoms with Crippen LogP contribution in [-0.4, -0.2) is 23.2 Å². The van der Waals surface area contributed by atoms with E-state index in [4.69, 9.17) is 10.00 Å². The third-order valence-corrected chi connectivity index (χ3v) is 1.48. The quantitative estimate of drug-likeness (QED) is 0.449. The lowest BCUT2D eigenvalue weighted by Gasteiger charge is -1.97. The van der Waals surface area contributed by atoms with Gasteiger partial charge in [0.25, 0.3) is 0 Å². The first-order valence-corrected chi connectivity index (χ1v) is 4.50. The molecule has 0 aromatic heterocycles. The molecule has 0 aromatic rings. The molecule has 0 saturated heterocycles. The van der Waals surface area contributed by atoms with E-state index in [1.54, 1.807) is 0 Å². The van der Waals surface area contributed by atoms with E-state index in [2.05, 4.69) is 4.52 Å². The van der Waals surface area contributed by atoms with Gasteiger partial charge in [0, 0.05) is 6.61 Å². The van der Waals surface area contributed by atoms with E-state index in [1.807, 2.05) is 0 Å². The van der Waals surface area contributed by atoms with Crippen molar-refractivity contribution in [2.75, 3.05) is 13.2 Å². The Kier molecular flexibility index (Phi) is 7.30. The summed E-state index contributed by atoms with van der Waals surface area (Å²) in [5.41, 5.74) is 0. The van der Waals surface area contributed by atoms with Gasteiger partial charge in [-0.15, -0.1) is 0 Å². The van der Waals surface area contributed by atoms with Crippen LogP contribution in [0.4, 0.5) is 0 Å². The molecule has 0 radical (unpaired) electrons. The molecule has 5 heteroatoms. The zero-order valence-corrected chi connectivity index (χ0v) is 6.75. The number of unbranched alkanes of at least 4 members (excludes halogenated alkanes) is 2. The fourth-order valence-corrected chi connectivity index (χ4v) is 0.869. The highest BCUT2D eigenvalue weighted by Gasteiger charge is 1.91. The summed E-state index contributed by atoms with van der Waals surface area (Å²) in [6.07, 6.45) is 2.30. The molecule has 0 aliphatic rings. The van der Waals surface area contributed by atoms with Gasteiger partial charge in [0.05, 0.1) is 6.61 Å². The van der Waals surface area contributed by atoms with E-state index in [0.717, 1.165) is 19.3 Å². The Bertz CT molecular complexity index is 95.6. The second kappa shape index (κ2) is 7.22. The van der Waals surface area contributed by atoms with Crippen molar-refractivity contribution in [3.63, 3.8) is 0 Å². The Morgan fingerprint density at radius 3 is 2.50 bits per heavy atom. The van der Waals surface area contributed by atoms with E-state index in [1.165, 1.54) is 0 Å². The first-order chi connectivity index (χ1) is 4.77. The predicted octanol–water partition coefficient (Wildman–Crippen LogP) is 0.548. The third-order valence-electron chi connectivity index (χ3n) is 1.03. The first-order valence-electron chi connectivity index (χ1n) is 3.24. The summed E-state index contributed by atoms with van der Waals surface area (Å²) in [5, 5.41) is 8.33. The largest absolute Gasteiger partial charge is 0.396 e. The molecule has 1 atom stereocenters. The normalized spacial score (nSPS) is 13.4. The smallest absolute Gasteiger partial charge is 0.316 e. The first kappa shape index (κ1) is 10.1. The van der Waals surface area contributed by atoms with Crippen LogP contribution in [0.25, 0.3) is 0 Å². The third kappa shape index (κ3) is 8.11. The predicted molar refractivity (Wildman–Crippen MR) is 38.1 cm³/mol. The number of hydrogen-bond donors (Lipinski definition) is 2. The van der Waals surface area contributed by atoms with Gasteiger partial charge in [-0.05, 0) is 19.3 Å². The van der Waals surface area contributed by atoms with Gasteiger partial charge in [0.2, 0.25) is 0 Å². The summed E-state index contributed by atoms with van der Waals surface area (Å²) < 4.78 is 14.4. The minimum atomic E-state index is -2.73. The molecular weight excluding hydrogens is 155 g/mol. The molecule has 4 nitrogen and oxygen atoms in total. The summed E-state index contributed by atoms with van der Waals surface area (Å²) >= 11 is 0. The summed E-state index contributed by atoms with van der Waals surface area (Å²) in [4.78, 5) is 8.18. The molecule has 0 spiro atoms. The van der Waals surface area contributed by atoms with E-state index in [9.17, 15) is 4.57 Å². The van der Waals surface area contributed by atoms with Crippen LogP contribution in [0.2, 0.25) is 0 Å². The molecule has 0 aliphatic carbocycles. The molecule has 0 fully saturated rings. The second-order valence-corrected chi connectivity index (χ2v) is 2.72. The van der Waals surface area contributed by atoms with Crippen LogP contribution in [0, 0.1) is 0 Å². The Hall–Kier alpha value is 0.110. The minimum Gasteiger partial charge on any atom is -0.396 e. The summed E-state index contributed by atoms with van der Waals surface area (Å²) in [5.74, 6) is 0. The van der Waals surface area contributed by atoms with Crippen LogP contribution in [0.3, 0.4) is 0 Å². The average Bonchev–Trinajstić information content (AvgIpc) is 1.87. The standard InChI is InChI=1S/C5H13O4P/c6-4-2-1-3-5-9-10(7)8/h6,10H,1-5H2,(H,7,8). The van der Waals surface area contributed by atoms with Crippen molar-refractivity contribution >= 4 is 8.25 Å². The fourth-order valence-electron chi connectivity index (χ4n) is 0.550. The molecule has 10 heavy (non-hydrogen) atoms. The van der Waals surface area contributed by atoms with Crippen molar-refractivity contribution in [3.8, 4) is 0 Å². The molecule has 0 rings (SSSR count). The molecular formula is C5H13O4P. The lowest BCUT2D eigenvalue weighted by molar-refractivity contribution is 0.255. The molecule has 0 heterocycles. The van der Waals surface area contributed by atoms with Crippen molar-refractivity contribution in [1.82, 2.24) is 0 Å². The van der Waals surface area contributed by atoms with Gasteiger partial charge in [-0.1, -0.05) is 0 Å². The van der Waals surface area contributed by atoms with Crippen LogP contribution in [-0.2, 0) is 9.09 Å². The Morgan fingerprint density at radius 2 is 2.00 bits per heavy atom. The number of aliphatic hydroxyl groups excluding tert-OH is 1. The maximum absolute atomic E-state index is 9.95. The minimum absolute atomic E-state index is 0.175. The fraction of sp³-hybridized carbons (Fsp3) is 1.00. The van der Waals surface area contributed by atoms with Crippen molar-refractivity contribution in [1.29, 1.82) is 0 Å². The van der Waals surface area contributed by atoms with Crippen molar-refractivity contribution in [2.24, 2.45) is 0 Å². The molecule has 0 aromatic carbocycles. The lowest BCUT2D eigenvalue weighted by Crippen LogP contribution is -1.88. The van der Waals surface area contributed by atoms with Crippen LogP contribution in [0.15, 0.2) is 0 Å². The average molecular weight is 168 g/mol. The van der Waals surface area contributed by atoms with Crippen LogP contribution >= 0.6 is 8.25 Å². The number of hydrogen-bond acceptors (Lipinski definition) is 3. The Morgan fingerprint density at radius 1 is 1.30 bits per heavy atom. The Balaban J connectivity index is 2.84. The van der Waals surface area contributed by atoms with Gasteiger partial charge < -0.3 is 14.5 Å². The van der Waals surface area contributed by atoms with Crippen molar-refractivity contribution in [3.05, 3.63) is 0 Å². The van der Waals surface area contributed by atoms with Crippen molar-refractivity contribution in [2.45, 2.75) is 19.3 Å². The topological polar surface area (TPSA) is 66.8 Å². The van der Waals surface area contributed by atoms with E-state index >= 15 is 0 Å². The molecule has 0 amide bonds. The maximum atomic E-state index is 9.95. The van der Waals surface area contributed by atoms with Crippen LogP contribution in [0.5, 0.6) is 0 Å². The lowest BCUT2D eigenvalue weighted by atomic mass is 10.2. The highest BCUT2D eigenvalue weighted by atomic mass is 31.1. The second-order valence-electron chi connectivity index (χ2n) is 1.90. The van der Waals surface area contributed by atoms with E-state index in [-0.39, 0.29) is 6.61 Å². The van der Waals surface area contributed by atoms with Gasteiger partial charge in [-0.3, -0.25) is 4.57 Å². The van der Waals surface area contributed by atoms with Crippen LogP contribution in [0.1, 0.15) is 19.3 Å². The molecule has 0 aliphatic heterocycles. The molecule has 1 unspecified atom stereocenters. The van der Waals surface area contributed by atoms with E-state index < -0.39 is 8.25 Å². The molecule has 2 N–H and O–H groups in total. The Labute approximate surface area is 60.8 Å². The van der Waals surface area contributed by atoms with Crippen LogP contribution < -0.4 is 0 Å². The van der Waals surface area contributed by atoms with Gasteiger partial charge in [-0.2, -0.15) is 0 Å². The molecule has 62 valence electrons. The number of aliphatic hydroxyl groups is 1. The summed E-state index contributed by atoms with van der Waals surface area (Å²) in [7, 11) is -2.73. The maximum Gasteiger partial charge on any atom is 0.316 e. The SMILES string of the molecule is O=[PH](O)OCCCCCO. The zero-order valence-electron chi connectivity index (χ0n) is 5.75. The van der Waals surface area contributed by atoms with Crippen molar-refractivity contribution < 1.29 is 19.1 Å². The highest BCUT2D eigenvalue weighted by molar-refractivity contribution is 7.32. The monoisotopic (exact) mass is 168 g/mol. The van der Waals surface area contributed by atoms with Gasteiger partial charge >= 0.3 is 8.25 Å². The van der Waals surface area contributed by atoms with Gasteiger partial charge in [-0.25, -0.2) is 0 Å². The van der Waals surface area contributed by atoms with E-state index in [0.29, 0.717) is 6.61 Å². The summed E-state index contributed by atoms with van der Waals surface area (Å²) in [6, 6.07) is 0. The van der Waals surface area contributed by atoms with Gasteiger partial charge in [0.1, 0.15) is 0 Å².